The van der Waals surface area contributed by atoms with Crippen LogP contribution in [-0.4, -0.2) is 23.0 Å². The van der Waals surface area contributed by atoms with Gasteiger partial charge in [0, 0.05) is 22.1 Å². The van der Waals surface area contributed by atoms with Gasteiger partial charge in [-0.2, -0.15) is 0 Å². The van der Waals surface area contributed by atoms with Crippen molar-refractivity contribution in [3.63, 3.8) is 0 Å². The van der Waals surface area contributed by atoms with E-state index in [4.69, 9.17) is 20.6 Å². The zero-order chi connectivity index (χ0) is 51.2. The summed E-state index contributed by atoms with van der Waals surface area (Å²) in [6.07, 6.45) is 0. The molecule has 1 aromatic heterocycles. The summed E-state index contributed by atoms with van der Waals surface area (Å²) < 4.78 is 178. The minimum Gasteiger partial charge on any atom is -0.208 e. The third-order valence-electron chi connectivity index (χ3n) is 8.34. The highest BCUT2D eigenvalue weighted by molar-refractivity contribution is 6.88. The second kappa shape index (κ2) is 11.9. The average molecular weight is 670 g/mol. The van der Waals surface area contributed by atoms with Gasteiger partial charge in [-0.3, -0.25) is 0 Å². The molecular weight excluding hydrogens is 611 g/mol. The molecule has 3 nitrogen and oxygen atoms in total. The maximum atomic E-state index is 9.62. The summed E-state index contributed by atoms with van der Waals surface area (Å²) in [5.41, 5.74) is -4.76. The Morgan fingerprint density at radius 3 is 1.59 bits per heavy atom. The van der Waals surface area contributed by atoms with Gasteiger partial charge in [-0.15, -0.1) is 0 Å². The van der Waals surface area contributed by atoms with Crippen LogP contribution in [0.2, 0.25) is 19.6 Å². The highest BCUT2D eigenvalue weighted by Crippen LogP contribution is 2.49. The molecule has 238 valence electrons. The Bertz CT molecular complexity index is 3430. The lowest BCUT2D eigenvalue weighted by Gasteiger charge is -2.22. The minimum atomic E-state index is -1.83. The lowest BCUT2D eigenvalue weighted by molar-refractivity contribution is 0.660. The standard InChI is InChI=1S/C45H39N3Si/c1-45(2)40-20-10-9-19-38(40)39-26-23-35(29-41(39)45)33-16-11-15-32(27-33)34-17-12-18-36(28-34)44-47-42(30-13-7-6-8-14-30)46-43(48-44)31-21-24-37(25-22-31)49(3,4)5/h6-29H,1-5H3/i6D,7D,8D,9D,10D,11D,12D,13D,14D,15D,16D,17D,18D,19D,20D,23D,26D,27D,28D,29D. The fourth-order valence-corrected chi connectivity index (χ4v) is 6.83. The van der Waals surface area contributed by atoms with Gasteiger partial charge < -0.3 is 0 Å². The van der Waals surface area contributed by atoms with Gasteiger partial charge in [-0.1, -0.05) is 166 Å². The molecule has 0 spiro atoms. The first-order chi connectivity index (χ1) is 32.0. The first-order valence-corrected chi connectivity index (χ1v) is 18.9. The third-order valence-corrected chi connectivity index (χ3v) is 10.4. The van der Waals surface area contributed by atoms with Crippen LogP contribution >= 0.6 is 0 Å². The number of rotatable bonds is 6. The number of hydrogen-bond acceptors (Lipinski definition) is 3. The number of fused-ring (bicyclic) bond motifs is 3. The second-order valence-corrected chi connectivity index (χ2v) is 18.1. The first kappa shape index (κ1) is 15.8. The van der Waals surface area contributed by atoms with E-state index in [0.29, 0.717) is 5.56 Å². The zero-order valence-electron chi connectivity index (χ0n) is 47.2. The quantitative estimate of drug-likeness (QED) is 0.165. The molecule has 0 saturated carbocycles. The Kier molecular flexibility index (Phi) is 3.85. The van der Waals surface area contributed by atoms with Gasteiger partial charge >= 0.3 is 0 Å². The molecule has 1 aliphatic carbocycles. The molecule has 4 heteroatoms. The molecule has 0 N–H and O–H groups in total. The van der Waals surface area contributed by atoms with E-state index in [1.165, 1.54) is 0 Å². The second-order valence-electron chi connectivity index (χ2n) is 13.0. The van der Waals surface area contributed by atoms with Crippen LogP contribution in [0, 0.1) is 0 Å². The predicted molar refractivity (Wildman–Crippen MR) is 208 cm³/mol. The van der Waals surface area contributed by atoms with Crippen LogP contribution in [0.3, 0.4) is 0 Å². The lowest BCUT2D eigenvalue weighted by Crippen LogP contribution is -2.37. The summed E-state index contributed by atoms with van der Waals surface area (Å²) in [6.45, 7) is 9.53. The van der Waals surface area contributed by atoms with Crippen LogP contribution in [-0.2, 0) is 5.41 Å². The smallest absolute Gasteiger partial charge is 0.164 e. The molecule has 0 bridgehead atoms. The summed E-state index contributed by atoms with van der Waals surface area (Å²) in [7, 11) is -1.83. The Morgan fingerprint density at radius 1 is 0.449 bits per heavy atom. The van der Waals surface area contributed by atoms with Gasteiger partial charge in [0.2, 0.25) is 0 Å². The van der Waals surface area contributed by atoms with E-state index in [0.717, 1.165) is 5.19 Å². The van der Waals surface area contributed by atoms with Crippen molar-refractivity contribution in [2.24, 2.45) is 0 Å². The molecule has 6 aromatic carbocycles. The number of aromatic nitrogens is 3. The van der Waals surface area contributed by atoms with E-state index in [-0.39, 0.29) is 28.1 Å². The van der Waals surface area contributed by atoms with Crippen LogP contribution in [0.1, 0.15) is 52.4 Å². The molecule has 0 atom stereocenters. The molecule has 1 aliphatic rings. The van der Waals surface area contributed by atoms with Crippen LogP contribution in [0.15, 0.2) is 145 Å². The van der Waals surface area contributed by atoms with Gasteiger partial charge in [0.25, 0.3) is 0 Å². The van der Waals surface area contributed by atoms with Crippen molar-refractivity contribution in [1.82, 2.24) is 15.0 Å². The fourth-order valence-electron chi connectivity index (χ4n) is 5.67. The maximum absolute atomic E-state index is 9.62. The third kappa shape index (κ3) is 5.72. The molecule has 0 aliphatic heterocycles. The molecule has 0 amide bonds. The number of hydrogen-bond donors (Lipinski definition) is 0. The van der Waals surface area contributed by atoms with Gasteiger partial charge in [0.05, 0.1) is 35.5 Å². The Balaban J connectivity index is 1.44. The van der Waals surface area contributed by atoms with Crippen molar-refractivity contribution in [2.45, 2.75) is 38.9 Å². The molecule has 49 heavy (non-hydrogen) atoms. The highest BCUT2D eigenvalue weighted by atomic mass is 28.3. The molecule has 1 heterocycles. The number of benzene rings is 6. The predicted octanol–water partition coefficient (Wildman–Crippen LogP) is 11.1. The van der Waals surface area contributed by atoms with Crippen molar-refractivity contribution in [3.05, 3.63) is 156 Å². The SMILES string of the molecule is [2H]c1c([2H])c([2H])c(-c2nc(-c3ccc([Si](C)(C)C)cc3)nc(-c3c([2H])c([2H])c([2H])c(-c4c([2H])c([2H])c([2H])c(-c5c([2H])c([2H])c6c(c5[2H])C(C)(C)c5c([2H])c([2H])c([2H])c([2H])c5-6)c4[2H])c3[2H])n2)c([2H])c1[2H]. The topological polar surface area (TPSA) is 38.7 Å². The van der Waals surface area contributed by atoms with Gasteiger partial charge in [-0.05, 0) is 62.6 Å². The van der Waals surface area contributed by atoms with Crippen molar-refractivity contribution in [3.8, 4) is 67.5 Å². The Morgan fingerprint density at radius 2 is 0.939 bits per heavy atom. The van der Waals surface area contributed by atoms with Crippen molar-refractivity contribution >= 4 is 13.3 Å². The van der Waals surface area contributed by atoms with E-state index < -0.39 is 179 Å². The first-order valence-electron chi connectivity index (χ1n) is 25.4. The molecule has 0 unspecified atom stereocenters. The summed E-state index contributed by atoms with van der Waals surface area (Å²) in [6, 6.07) is -7.11. The Labute approximate surface area is 318 Å². The van der Waals surface area contributed by atoms with Crippen molar-refractivity contribution in [1.29, 1.82) is 0 Å². The molecule has 8 rings (SSSR count). The van der Waals surface area contributed by atoms with Crippen molar-refractivity contribution in [2.75, 3.05) is 0 Å². The van der Waals surface area contributed by atoms with E-state index in [9.17, 15) is 6.85 Å². The molecular formula is C45H39N3Si. The zero-order valence-corrected chi connectivity index (χ0v) is 28.2. The summed E-state index contributed by atoms with van der Waals surface area (Å²) in [5.74, 6) is -1.13. The van der Waals surface area contributed by atoms with Gasteiger partial charge in [0.15, 0.2) is 17.5 Å². The average Bonchev–Trinajstić information content (AvgIpc) is 3.55. The van der Waals surface area contributed by atoms with Crippen LogP contribution in [0.25, 0.3) is 67.5 Å². The monoisotopic (exact) mass is 669 g/mol. The number of nitrogens with zero attached hydrogens (tertiary/aromatic N) is 3. The molecule has 0 fully saturated rings. The van der Waals surface area contributed by atoms with Crippen molar-refractivity contribution < 1.29 is 27.4 Å². The summed E-state index contributed by atoms with van der Waals surface area (Å²) >= 11 is 0. The van der Waals surface area contributed by atoms with Crippen LogP contribution < -0.4 is 5.19 Å². The van der Waals surface area contributed by atoms with Crippen LogP contribution in [0.5, 0.6) is 0 Å². The van der Waals surface area contributed by atoms with Gasteiger partial charge in [0.1, 0.15) is 0 Å². The molecule has 7 aromatic rings. The summed E-state index contributed by atoms with van der Waals surface area (Å²) in [4.78, 5) is 13.5. The highest BCUT2D eigenvalue weighted by Gasteiger charge is 2.35. The molecule has 0 radical (unpaired) electrons. The minimum absolute atomic E-state index is 0.0188. The van der Waals surface area contributed by atoms with E-state index >= 15 is 0 Å². The van der Waals surface area contributed by atoms with Crippen LogP contribution in [0.4, 0.5) is 0 Å². The van der Waals surface area contributed by atoms with Gasteiger partial charge in [-0.25, -0.2) is 15.0 Å². The van der Waals surface area contributed by atoms with E-state index in [2.05, 4.69) is 34.6 Å². The fraction of sp³-hybridized carbons (Fsp3) is 0.133. The largest absolute Gasteiger partial charge is 0.208 e. The lowest BCUT2D eigenvalue weighted by atomic mass is 9.81. The molecule has 0 saturated heterocycles. The van der Waals surface area contributed by atoms with E-state index in [1.54, 1.807) is 26.0 Å². The Hall–Kier alpha value is -5.45. The van der Waals surface area contributed by atoms with E-state index in [1.807, 2.05) is 12.1 Å². The summed E-state index contributed by atoms with van der Waals surface area (Å²) in [5, 5.41) is 1.06. The normalized spacial score (nSPS) is 18.9. The maximum Gasteiger partial charge on any atom is 0.164 e.